The fourth-order valence-electron chi connectivity index (χ4n) is 2.95. The summed E-state index contributed by atoms with van der Waals surface area (Å²) in [7, 11) is 2.01. The predicted molar refractivity (Wildman–Crippen MR) is 79.1 cm³/mol. The second-order valence-corrected chi connectivity index (χ2v) is 5.74. The molecule has 0 aromatic carbocycles. The van der Waals surface area contributed by atoms with Crippen LogP contribution in [0.5, 0.6) is 0 Å². The lowest BCUT2D eigenvalue weighted by molar-refractivity contribution is 0.189. The van der Waals surface area contributed by atoms with E-state index in [1.165, 1.54) is 51.0 Å². The number of nitrogens with one attached hydrogen (secondary N) is 1. The maximum atomic E-state index is 4.25. The van der Waals surface area contributed by atoms with Crippen molar-refractivity contribution < 1.29 is 0 Å². The largest absolute Gasteiger partial charge is 0.306 e. The van der Waals surface area contributed by atoms with Gasteiger partial charge >= 0.3 is 0 Å². The van der Waals surface area contributed by atoms with Crippen molar-refractivity contribution in [1.82, 2.24) is 20.0 Å². The van der Waals surface area contributed by atoms with Crippen LogP contribution in [0.1, 0.15) is 51.3 Å². The van der Waals surface area contributed by atoms with Crippen molar-refractivity contribution in [2.75, 3.05) is 19.6 Å². The Morgan fingerprint density at radius 3 is 2.74 bits per heavy atom. The third kappa shape index (κ3) is 4.05. The van der Waals surface area contributed by atoms with Crippen molar-refractivity contribution in [2.24, 2.45) is 7.05 Å². The maximum absolute atomic E-state index is 4.25. The molecule has 2 heterocycles. The molecule has 1 aromatic rings. The first-order valence-electron chi connectivity index (χ1n) is 7.67. The molecule has 1 N–H and O–H groups in total. The molecule has 19 heavy (non-hydrogen) atoms. The van der Waals surface area contributed by atoms with Gasteiger partial charge < -0.3 is 10.2 Å². The summed E-state index contributed by atoms with van der Waals surface area (Å²) >= 11 is 0. The molecular formula is C15H28N4. The molecule has 1 saturated heterocycles. The van der Waals surface area contributed by atoms with E-state index >= 15 is 0 Å². The highest BCUT2D eigenvalue weighted by Crippen LogP contribution is 2.17. The summed E-state index contributed by atoms with van der Waals surface area (Å²) in [4.78, 5) is 2.61. The van der Waals surface area contributed by atoms with E-state index in [2.05, 4.69) is 35.2 Å². The molecule has 0 spiro atoms. The summed E-state index contributed by atoms with van der Waals surface area (Å²) in [5.41, 5.74) is 1.27. The van der Waals surface area contributed by atoms with E-state index in [4.69, 9.17) is 0 Å². The number of likely N-dealkylation sites (tertiary alicyclic amines) is 1. The smallest absolute Gasteiger partial charge is 0.0547 e. The van der Waals surface area contributed by atoms with Gasteiger partial charge in [0.1, 0.15) is 0 Å². The quantitative estimate of drug-likeness (QED) is 0.856. The molecule has 0 radical (unpaired) electrons. The van der Waals surface area contributed by atoms with E-state index in [1.54, 1.807) is 0 Å². The Balaban J connectivity index is 1.75. The Bertz CT molecular complexity index is 366. The maximum Gasteiger partial charge on any atom is 0.0547 e. The van der Waals surface area contributed by atoms with Gasteiger partial charge in [-0.3, -0.25) is 4.68 Å². The van der Waals surface area contributed by atoms with E-state index in [-0.39, 0.29) is 0 Å². The molecule has 4 nitrogen and oxygen atoms in total. The summed E-state index contributed by atoms with van der Waals surface area (Å²) in [5, 5.41) is 8.00. The van der Waals surface area contributed by atoms with Gasteiger partial charge in [0.2, 0.25) is 0 Å². The van der Waals surface area contributed by atoms with E-state index in [1.807, 2.05) is 17.9 Å². The third-order valence-electron chi connectivity index (χ3n) is 4.20. The van der Waals surface area contributed by atoms with Crippen molar-refractivity contribution in [3.05, 3.63) is 18.0 Å². The molecule has 0 aliphatic carbocycles. The lowest BCUT2D eigenvalue weighted by Gasteiger charge is -2.33. The molecule has 1 aliphatic rings. The predicted octanol–water partition coefficient (Wildman–Crippen LogP) is 2.34. The SMILES string of the molecule is CCCCN1CCC(NC(C)c2ccnn2C)CC1. The lowest BCUT2D eigenvalue weighted by atomic mass is 10.0. The highest BCUT2D eigenvalue weighted by molar-refractivity contribution is 5.05. The molecule has 4 heteroatoms. The van der Waals surface area contributed by atoms with Crippen LogP contribution >= 0.6 is 0 Å². The van der Waals surface area contributed by atoms with Crippen molar-refractivity contribution in [3.8, 4) is 0 Å². The van der Waals surface area contributed by atoms with Gasteiger partial charge in [-0.25, -0.2) is 0 Å². The van der Waals surface area contributed by atoms with Gasteiger partial charge in [-0.1, -0.05) is 13.3 Å². The summed E-state index contributed by atoms with van der Waals surface area (Å²) in [5.74, 6) is 0. The topological polar surface area (TPSA) is 33.1 Å². The van der Waals surface area contributed by atoms with Crippen LogP contribution in [-0.4, -0.2) is 40.4 Å². The fourth-order valence-corrected chi connectivity index (χ4v) is 2.95. The number of hydrogen-bond acceptors (Lipinski definition) is 3. The summed E-state index contributed by atoms with van der Waals surface area (Å²) in [6.45, 7) is 8.27. The molecule has 2 rings (SSSR count). The molecule has 0 bridgehead atoms. The zero-order valence-electron chi connectivity index (χ0n) is 12.6. The Hall–Kier alpha value is -0.870. The highest BCUT2D eigenvalue weighted by atomic mass is 15.3. The van der Waals surface area contributed by atoms with Gasteiger partial charge in [0.15, 0.2) is 0 Å². The fraction of sp³-hybridized carbons (Fsp3) is 0.800. The van der Waals surface area contributed by atoms with Crippen LogP contribution in [0.4, 0.5) is 0 Å². The number of rotatable bonds is 6. The van der Waals surface area contributed by atoms with Crippen molar-refractivity contribution in [1.29, 1.82) is 0 Å². The number of unbranched alkanes of at least 4 members (excludes halogenated alkanes) is 1. The molecule has 0 saturated carbocycles. The van der Waals surface area contributed by atoms with Crippen molar-refractivity contribution in [2.45, 2.75) is 51.6 Å². The second-order valence-electron chi connectivity index (χ2n) is 5.74. The van der Waals surface area contributed by atoms with E-state index in [0.717, 1.165) is 0 Å². The van der Waals surface area contributed by atoms with E-state index in [9.17, 15) is 0 Å². The third-order valence-corrected chi connectivity index (χ3v) is 4.20. The van der Waals surface area contributed by atoms with Crippen LogP contribution in [0, 0.1) is 0 Å². The standard InChI is InChI=1S/C15H28N4/c1-4-5-10-19-11-7-14(8-12-19)17-13(2)15-6-9-16-18(15)3/h6,9,13-14,17H,4-5,7-8,10-12H2,1-3H3. The molecular weight excluding hydrogens is 236 g/mol. The first kappa shape index (κ1) is 14.5. The number of hydrogen-bond donors (Lipinski definition) is 1. The first-order chi connectivity index (χ1) is 9.20. The minimum Gasteiger partial charge on any atom is -0.306 e. The number of nitrogens with zero attached hydrogens (tertiary/aromatic N) is 3. The van der Waals surface area contributed by atoms with Crippen LogP contribution < -0.4 is 5.32 Å². The van der Waals surface area contributed by atoms with Gasteiger partial charge in [0, 0.05) is 25.3 Å². The Morgan fingerprint density at radius 1 is 1.42 bits per heavy atom. The van der Waals surface area contributed by atoms with Gasteiger partial charge in [0.25, 0.3) is 0 Å². The summed E-state index contributed by atoms with van der Waals surface area (Å²) < 4.78 is 1.97. The number of piperidine rings is 1. The average Bonchev–Trinajstić information content (AvgIpc) is 2.84. The number of aryl methyl sites for hydroxylation is 1. The average molecular weight is 264 g/mol. The van der Waals surface area contributed by atoms with Gasteiger partial charge in [-0.2, -0.15) is 5.10 Å². The Labute approximate surface area is 117 Å². The van der Waals surface area contributed by atoms with E-state index < -0.39 is 0 Å². The molecule has 1 fully saturated rings. The summed E-state index contributed by atoms with van der Waals surface area (Å²) in [6.07, 6.45) is 7.05. The second kappa shape index (κ2) is 7.06. The minimum absolute atomic E-state index is 0.389. The van der Waals surface area contributed by atoms with Gasteiger partial charge in [-0.15, -0.1) is 0 Å². The molecule has 1 aromatic heterocycles. The lowest BCUT2D eigenvalue weighted by Crippen LogP contribution is -2.43. The number of aromatic nitrogens is 2. The van der Waals surface area contributed by atoms with Crippen molar-refractivity contribution >= 4 is 0 Å². The van der Waals surface area contributed by atoms with Crippen LogP contribution in [0.3, 0.4) is 0 Å². The summed E-state index contributed by atoms with van der Waals surface area (Å²) in [6, 6.07) is 3.15. The minimum atomic E-state index is 0.389. The molecule has 1 atom stereocenters. The van der Waals surface area contributed by atoms with Crippen LogP contribution in [-0.2, 0) is 7.05 Å². The molecule has 1 unspecified atom stereocenters. The normalized spacial score (nSPS) is 19.7. The zero-order valence-corrected chi connectivity index (χ0v) is 12.6. The molecule has 1 aliphatic heterocycles. The molecule has 0 amide bonds. The van der Waals surface area contributed by atoms with Crippen LogP contribution in [0.2, 0.25) is 0 Å². The Kier molecular flexibility index (Phi) is 5.40. The van der Waals surface area contributed by atoms with Crippen LogP contribution in [0.15, 0.2) is 12.3 Å². The van der Waals surface area contributed by atoms with Crippen LogP contribution in [0.25, 0.3) is 0 Å². The zero-order chi connectivity index (χ0) is 13.7. The van der Waals surface area contributed by atoms with Gasteiger partial charge in [-0.05, 0) is 51.9 Å². The van der Waals surface area contributed by atoms with Gasteiger partial charge in [0.05, 0.1) is 5.69 Å². The monoisotopic (exact) mass is 264 g/mol. The van der Waals surface area contributed by atoms with Crippen molar-refractivity contribution in [3.63, 3.8) is 0 Å². The Morgan fingerprint density at radius 2 is 2.16 bits per heavy atom. The first-order valence-corrected chi connectivity index (χ1v) is 7.67. The molecule has 108 valence electrons. The van der Waals surface area contributed by atoms with E-state index in [0.29, 0.717) is 12.1 Å². The highest BCUT2D eigenvalue weighted by Gasteiger charge is 2.21.